The van der Waals surface area contributed by atoms with Gasteiger partial charge in [-0.2, -0.15) is 0 Å². The smallest absolute Gasteiger partial charge is 0.262 e. The molecular weight excluding hydrogens is 426 g/mol. The summed E-state index contributed by atoms with van der Waals surface area (Å²) in [5.41, 5.74) is 4.30. The first-order valence-corrected chi connectivity index (χ1v) is 10.3. The molecule has 0 unspecified atom stereocenters. The molecule has 2 aromatic carbocycles. The topological polar surface area (TPSA) is 86.6 Å². The van der Waals surface area contributed by atoms with Crippen molar-refractivity contribution in [2.45, 2.75) is 13.5 Å². The van der Waals surface area contributed by atoms with E-state index < -0.39 is 5.91 Å². The summed E-state index contributed by atoms with van der Waals surface area (Å²) in [5.74, 6) is -0.803. The SMILES string of the molecule is Cc1cc(-c2ccc(N(Cc3cccnc3)C(=O)c3ccc(O)cc3O)cc2)cnc1Cl. The van der Waals surface area contributed by atoms with E-state index in [1.54, 1.807) is 29.6 Å². The van der Waals surface area contributed by atoms with Crippen LogP contribution in [0.25, 0.3) is 11.1 Å². The van der Waals surface area contributed by atoms with Crippen molar-refractivity contribution >= 4 is 23.2 Å². The average Bonchev–Trinajstić information content (AvgIpc) is 2.80. The first kappa shape index (κ1) is 21.3. The minimum absolute atomic E-state index is 0.0910. The number of hydrogen-bond donors (Lipinski definition) is 2. The van der Waals surface area contributed by atoms with Crippen LogP contribution in [0.5, 0.6) is 11.5 Å². The van der Waals surface area contributed by atoms with Gasteiger partial charge >= 0.3 is 0 Å². The molecule has 0 aliphatic heterocycles. The number of carbonyl (C=O) groups is 1. The highest BCUT2D eigenvalue weighted by Gasteiger charge is 2.21. The van der Waals surface area contributed by atoms with Crippen molar-refractivity contribution in [1.29, 1.82) is 0 Å². The van der Waals surface area contributed by atoms with Crippen molar-refractivity contribution < 1.29 is 15.0 Å². The highest BCUT2D eigenvalue weighted by Crippen LogP contribution is 2.29. The molecule has 2 heterocycles. The van der Waals surface area contributed by atoms with Crippen LogP contribution in [0.3, 0.4) is 0 Å². The van der Waals surface area contributed by atoms with Gasteiger partial charge in [0.15, 0.2) is 0 Å². The monoisotopic (exact) mass is 445 g/mol. The van der Waals surface area contributed by atoms with Gasteiger partial charge in [0.05, 0.1) is 12.1 Å². The zero-order valence-corrected chi connectivity index (χ0v) is 18.0. The molecule has 0 radical (unpaired) electrons. The van der Waals surface area contributed by atoms with Crippen LogP contribution >= 0.6 is 11.6 Å². The molecule has 4 rings (SSSR count). The minimum atomic E-state index is -0.400. The lowest BCUT2D eigenvalue weighted by Gasteiger charge is -2.24. The number of aromatic hydroxyl groups is 2. The van der Waals surface area contributed by atoms with Crippen molar-refractivity contribution in [2.75, 3.05) is 4.90 Å². The minimum Gasteiger partial charge on any atom is -0.508 e. The molecule has 2 N–H and O–H groups in total. The van der Waals surface area contributed by atoms with E-state index >= 15 is 0 Å². The molecule has 7 heteroatoms. The van der Waals surface area contributed by atoms with Gasteiger partial charge in [-0.15, -0.1) is 0 Å². The Kier molecular flexibility index (Phi) is 6.05. The van der Waals surface area contributed by atoms with Crippen molar-refractivity contribution in [3.63, 3.8) is 0 Å². The fourth-order valence-electron chi connectivity index (χ4n) is 3.35. The number of phenolic OH excluding ortho intramolecular Hbond substituents is 2. The number of aromatic nitrogens is 2. The summed E-state index contributed by atoms with van der Waals surface area (Å²) in [6.45, 7) is 2.15. The van der Waals surface area contributed by atoms with Crippen LogP contribution in [0.15, 0.2) is 79.3 Å². The van der Waals surface area contributed by atoms with Gasteiger partial charge in [0.25, 0.3) is 5.91 Å². The second-order valence-electron chi connectivity index (χ2n) is 7.33. The predicted molar refractivity (Wildman–Crippen MR) is 124 cm³/mol. The first-order valence-electron chi connectivity index (χ1n) is 9.87. The highest BCUT2D eigenvalue weighted by atomic mass is 35.5. The van der Waals surface area contributed by atoms with Crippen molar-refractivity contribution in [3.8, 4) is 22.6 Å². The zero-order chi connectivity index (χ0) is 22.7. The fraction of sp³-hybridized carbons (Fsp3) is 0.0800. The number of halogens is 1. The summed E-state index contributed by atoms with van der Waals surface area (Å²) in [4.78, 5) is 23.2. The summed E-state index contributed by atoms with van der Waals surface area (Å²) in [5, 5.41) is 20.3. The van der Waals surface area contributed by atoms with Gasteiger partial charge in [-0.1, -0.05) is 29.8 Å². The molecule has 6 nitrogen and oxygen atoms in total. The van der Waals surface area contributed by atoms with Gasteiger partial charge in [-0.3, -0.25) is 9.78 Å². The Morgan fingerprint density at radius 1 is 1.00 bits per heavy atom. The van der Waals surface area contributed by atoms with Crippen LogP contribution in [0.1, 0.15) is 21.5 Å². The number of amides is 1. The Hall–Kier alpha value is -3.90. The summed E-state index contributed by atoms with van der Waals surface area (Å²) in [7, 11) is 0. The molecular formula is C25H20ClN3O3. The van der Waals surface area contributed by atoms with Crippen LogP contribution in [-0.2, 0) is 6.54 Å². The number of phenols is 2. The van der Waals surface area contributed by atoms with Crippen LogP contribution in [-0.4, -0.2) is 26.1 Å². The third kappa shape index (κ3) is 4.55. The molecule has 4 aromatic rings. The number of carbonyl (C=O) groups excluding carboxylic acids is 1. The molecule has 2 aromatic heterocycles. The third-order valence-electron chi connectivity index (χ3n) is 5.05. The van der Waals surface area contributed by atoms with Gasteiger partial charge in [-0.25, -0.2) is 4.98 Å². The zero-order valence-electron chi connectivity index (χ0n) is 17.2. The number of nitrogens with zero attached hydrogens (tertiary/aromatic N) is 3. The number of aryl methyl sites for hydroxylation is 1. The van der Waals surface area contributed by atoms with Crippen molar-refractivity contribution in [1.82, 2.24) is 9.97 Å². The number of rotatable bonds is 5. The van der Waals surface area contributed by atoms with Gasteiger partial charge in [0, 0.05) is 35.9 Å². The van der Waals surface area contributed by atoms with Crippen molar-refractivity contribution in [3.05, 3.63) is 101 Å². The highest BCUT2D eigenvalue weighted by molar-refractivity contribution is 6.30. The van der Waals surface area contributed by atoms with E-state index in [0.29, 0.717) is 10.8 Å². The molecule has 0 saturated heterocycles. The second-order valence-corrected chi connectivity index (χ2v) is 7.69. The van der Waals surface area contributed by atoms with E-state index in [2.05, 4.69) is 9.97 Å². The first-order chi connectivity index (χ1) is 15.4. The van der Waals surface area contributed by atoms with E-state index in [4.69, 9.17) is 11.6 Å². The second kappa shape index (κ2) is 9.08. The van der Waals surface area contributed by atoms with E-state index in [1.165, 1.54) is 12.1 Å². The molecule has 0 fully saturated rings. The maximum atomic E-state index is 13.4. The van der Waals surface area contributed by atoms with Crippen LogP contribution in [0.4, 0.5) is 5.69 Å². The van der Waals surface area contributed by atoms with Gasteiger partial charge in [0.2, 0.25) is 0 Å². The number of pyridine rings is 2. The third-order valence-corrected chi connectivity index (χ3v) is 5.44. The Labute approximate surface area is 190 Å². The van der Waals surface area contributed by atoms with Gasteiger partial charge < -0.3 is 15.1 Å². The maximum absolute atomic E-state index is 13.4. The van der Waals surface area contributed by atoms with E-state index in [0.717, 1.165) is 28.3 Å². The number of benzene rings is 2. The molecule has 0 saturated carbocycles. The molecule has 0 aliphatic rings. The number of anilines is 1. The Bertz CT molecular complexity index is 1260. The van der Waals surface area contributed by atoms with Crippen LogP contribution < -0.4 is 4.90 Å². The lowest BCUT2D eigenvalue weighted by atomic mass is 10.0. The fourth-order valence-corrected chi connectivity index (χ4v) is 3.45. The molecule has 160 valence electrons. The molecule has 32 heavy (non-hydrogen) atoms. The Morgan fingerprint density at radius 2 is 1.78 bits per heavy atom. The predicted octanol–water partition coefficient (Wildman–Crippen LogP) is 5.36. The van der Waals surface area contributed by atoms with Crippen LogP contribution in [0, 0.1) is 6.92 Å². The molecule has 0 aliphatic carbocycles. The average molecular weight is 446 g/mol. The van der Waals surface area contributed by atoms with Gasteiger partial charge in [0.1, 0.15) is 16.7 Å². The summed E-state index contributed by atoms with van der Waals surface area (Å²) in [6.07, 6.45) is 5.06. The number of hydrogen-bond acceptors (Lipinski definition) is 5. The summed E-state index contributed by atoms with van der Waals surface area (Å²) in [6, 6.07) is 17.0. The maximum Gasteiger partial charge on any atom is 0.262 e. The van der Waals surface area contributed by atoms with E-state index in [1.807, 2.05) is 43.3 Å². The largest absolute Gasteiger partial charge is 0.508 e. The van der Waals surface area contributed by atoms with Gasteiger partial charge in [-0.05, 0) is 60.0 Å². The lowest BCUT2D eigenvalue weighted by molar-refractivity contribution is 0.0982. The molecule has 1 amide bonds. The van der Waals surface area contributed by atoms with Crippen LogP contribution in [0.2, 0.25) is 5.15 Å². The lowest BCUT2D eigenvalue weighted by Crippen LogP contribution is -2.30. The Balaban J connectivity index is 1.70. The summed E-state index contributed by atoms with van der Waals surface area (Å²) < 4.78 is 0. The quantitative estimate of drug-likeness (QED) is 0.403. The van der Waals surface area contributed by atoms with E-state index in [-0.39, 0.29) is 23.6 Å². The standard InChI is InChI=1S/C25H20ClN3O3/c1-16-11-19(14-28-24(16)26)18-4-6-20(7-5-18)29(15-17-3-2-10-27-13-17)25(32)22-9-8-21(30)12-23(22)31/h2-14,30-31H,15H2,1H3. The van der Waals surface area contributed by atoms with Crippen molar-refractivity contribution in [2.24, 2.45) is 0 Å². The van der Waals surface area contributed by atoms with E-state index in [9.17, 15) is 15.0 Å². The molecule has 0 spiro atoms. The summed E-state index contributed by atoms with van der Waals surface area (Å²) >= 11 is 6.03. The molecule has 0 bridgehead atoms. The Morgan fingerprint density at radius 3 is 2.44 bits per heavy atom. The molecule has 0 atom stereocenters. The normalized spacial score (nSPS) is 10.7.